The standard InChI is InChI=1S/C19H20ClN5O2/c1-26-16-8-3-13(11-17(16)27-2)9-10-21-18-12-22-25-19(24-18)23-15-6-4-14(20)5-7-15/h3-8,11-12H,9-10H2,1-2H3,(H2,21,23,24,25). The van der Waals surface area contributed by atoms with Crippen LogP contribution < -0.4 is 20.1 Å². The maximum Gasteiger partial charge on any atom is 0.249 e. The van der Waals surface area contributed by atoms with Crippen molar-refractivity contribution in [2.75, 3.05) is 31.4 Å². The van der Waals surface area contributed by atoms with Crippen molar-refractivity contribution in [3.05, 3.63) is 59.2 Å². The van der Waals surface area contributed by atoms with Crippen molar-refractivity contribution in [3.63, 3.8) is 0 Å². The summed E-state index contributed by atoms with van der Waals surface area (Å²) in [5.74, 6) is 2.48. The van der Waals surface area contributed by atoms with E-state index in [4.69, 9.17) is 21.1 Å². The number of aromatic nitrogens is 3. The fraction of sp³-hybridized carbons (Fsp3) is 0.211. The molecule has 0 saturated heterocycles. The van der Waals surface area contributed by atoms with E-state index in [2.05, 4.69) is 25.8 Å². The zero-order valence-corrected chi connectivity index (χ0v) is 15.8. The molecular weight excluding hydrogens is 366 g/mol. The lowest BCUT2D eigenvalue weighted by Crippen LogP contribution is -2.09. The van der Waals surface area contributed by atoms with E-state index >= 15 is 0 Å². The van der Waals surface area contributed by atoms with Gasteiger partial charge < -0.3 is 20.1 Å². The molecule has 0 radical (unpaired) electrons. The van der Waals surface area contributed by atoms with Crippen LogP contribution in [-0.4, -0.2) is 35.9 Å². The predicted octanol–water partition coefficient (Wildman–Crippen LogP) is 3.94. The van der Waals surface area contributed by atoms with Crippen LogP contribution in [0.1, 0.15) is 5.56 Å². The molecule has 140 valence electrons. The summed E-state index contributed by atoms with van der Waals surface area (Å²) in [6.45, 7) is 0.689. The first kappa shape index (κ1) is 18.7. The van der Waals surface area contributed by atoms with Gasteiger partial charge in [0.2, 0.25) is 5.95 Å². The molecule has 2 aromatic carbocycles. The van der Waals surface area contributed by atoms with Gasteiger partial charge in [0.25, 0.3) is 0 Å². The van der Waals surface area contributed by atoms with E-state index in [1.807, 2.05) is 30.3 Å². The van der Waals surface area contributed by atoms with Gasteiger partial charge in [-0.15, -0.1) is 5.10 Å². The lowest BCUT2D eigenvalue weighted by molar-refractivity contribution is 0.354. The Morgan fingerprint density at radius 2 is 1.78 bits per heavy atom. The Hall–Kier alpha value is -3.06. The molecule has 0 bridgehead atoms. The van der Waals surface area contributed by atoms with Crippen LogP contribution in [0, 0.1) is 0 Å². The fourth-order valence-corrected chi connectivity index (χ4v) is 2.60. The minimum Gasteiger partial charge on any atom is -0.493 e. The molecule has 0 aliphatic heterocycles. The zero-order chi connectivity index (χ0) is 19.1. The Morgan fingerprint density at radius 3 is 2.52 bits per heavy atom. The van der Waals surface area contributed by atoms with Crippen LogP contribution in [0.2, 0.25) is 5.02 Å². The number of hydrogen-bond acceptors (Lipinski definition) is 7. The van der Waals surface area contributed by atoms with Crippen molar-refractivity contribution in [2.45, 2.75) is 6.42 Å². The maximum absolute atomic E-state index is 5.89. The molecule has 8 heteroatoms. The summed E-state index contributed by atoms with van der Waals surface area (Å²) >= 11 is 5.89. The van der Waals surface area contributed by atoms with Crippen LogP contribution in [0.25, 0.3) is 0 Å². The zero-order valence-electron chi connectivity index (χ0n) is 15.1. The normalized spacial score (nSPS) is 10.3. The second-order valence-corrected chi connectivity index (χ2v) is 6.10. The molecule has 0 spiro atoms. The first-order chi connectivity index (χ1) is 13.2. The minimum atomic E-state index is 0.411. The number of methoxy groups -OCH3 is 2. The summed E-state index contributed by atoms with van der Waals surface area (Å²) in [5, 5.41) is 15.0. The quantitative estimate of drug-likeness (QED) is 0.607. The molecule has 0 unspecified atom stereocenters. The lowest BCUT2D eigenvalue weighted by atomic mass is 10.1. The van der Waals surface area contributed by atoms with Crippen molar-refractivity contribution in [1.82, 2.24) is 15.2 Å². The van der Waals surface area contributed by atoms with E-state index in [9.17, 15) is 0 Å². The summed E-state index contributed by atoms with van der Waals surface area (Å²) in [5.41, 5.74) is 1.96. The van der Waals surface area contributed by atoms with Gasteiger partial charge in [-0.05, 0) is 48.4 Å². The van der Waals surface area contributed by atoms with Crippen molar-refractivity contribution in [2.24, 2.45) is 0 Å². The molecule has 0 saturated carbocycles. The third kappa shape index (κ3) is 5.21. The Balaban J connectivity index is 1.57. The average Bonchev–Trinajstić information content (AvgIpc) is 2.70. The average molecular weight is 386 g/mol. The van der Waals surface area contributed by atoms with E-state index in [-0.39, 0.29) is 0 Å². The molecular formula is C19H20ClN5O2. The molecule has 0 atom stereocenters. The highest BCUT2D eigenvalue weighted by atomic mass is 35.5. The maximum atomic E-state index is 5.89. The highest BCUT2D eigenvalue weighted by Crippen LogP contribution is 2.27. The molecule has 0 amide bonds. The molecule has 1 aromatic heterocycles. The van der Waals surface area contributed by atoms with E-state index in [0.717, 1.165) is 17.7 Å². The molecule has 0 aliphatic carbocycles. The van der Waals surface area contributed by atoms with Crippen LogP contribution in [-0.2, 0) is 6.42 Å². The molecule has 3 rings (SSSR count). The largest absolute Gasteiger partial charge is 0.493 e. The Kier molecular flexibility index (Phi) is 6.27. The Morgan fingerprint density at radius 1 is 1.00 bits per heavy atom. The van der Waals surface area contributed by atoms with Crippen LogP contribution in [0.15, 0.2) is 48.7 Å². The summed E-state index contributed by atoms with van der Waals surface area (Å²) in [6, 6.07) is 13.2. The third-order valence-electron chi connectivity index (χ3n) is 3.83. The van der Waals surface area contributed by atoms with Crippen molar-refractivity contribution in [3.8, 4) is 11.5 Å². The van der Waals surface area contributed by atoms with Gasteiger partial charge in [0.05, 0.1) is 20.4 Å². The summed E-state index contributed by atoms with van der Waals surface area (Å²) < 4.78 is 10.6. The van der Waals surface area contributed by atoms with Gasteiger partial charge >= 0.3 is 0 Å². The molecule has 1 heterocycles. The fourth-order valence-electron chi connectivity index (χ4n) is 2.48. The van der Waals surface area contributed by atoms with E-state index in [1.54, 1.807) is 32.5 Å². The lowest BCUT2D eigenvalue weighted by Gasteiger charge is -2.10. The molecule has 2 N–H and O–H groups in total. The predicted molar refractivity (Wildman–Crippen MR) is 106 cm³/mol. The van der Waals surface area contributed by atoms with Crippen molar-refractivity contribution >= 4 is 29.1 Å². The number of hydrogen-bond donors (Lipinski definition) is 2. The molecule has 0 fully saturated rings. The van der Waals surface area contributed by atoms with Crippen molar-refractivity contribution in [1.29, 1.82) is 0 Å². The molecule has 27 heavy (non-hydrogen) atoms. The molecule has 7 nitrogen and oxygen atoms in total. The molecule has 3 aromatic rings. The number of nitrogens with zero attached hydrogens (tertiary/aromatic N) is 3. The summed E-state index contributed by atoms with van der Waals surface area (Å²) in [4.78, 5) is 4.41. The van der Waals surface area contributed by atoms with E-state index < -0.39 is 0 Å². The van der Waals surface area contributed by atoms with Crippen LogP contribution in [0.5, 0.6) is 11.5 Å². The van der Waals surface area contributed by atoms with E-state index in [1.165, 1.54) is 0 Å². The van der Waals surface area contributed by atoms with Crippen LogP contribution in [0.4, 0.5) is 17.5 Å². The van der Waals surface area contributed by atoms with Gasteiger partial charge in [0.1, 0.15) is 0 Å². The smallest absolute Gasteiger partial charge is 0.249 e. The monoisotopic (exact) mass is 385 g/mol. The Bertz CT molecular complexity index is 890. The number of halogens is 1. The van der Waals surface area contributed by atoms with Gasteiger partial charge in [-0.1, -0.05) is 17.7 Å². The topological polar surface area (TPSA) is 81.2 Å². The van der Waals surface area contributed by atoms with Gasteiger partial charge in [-0.3, -0.25) is 0 Å². The van der Waals surface area contributed by atoms with Gasteiger partial charge in [-0.25, -0.2) is 0 Å². The second kappa shape index (κ2) is 9.05. The van der Waals surface area contributed by atoms with E-state index in [0.29, 0.717) is 34.8 Å². The van der Waals surface area contributed by atoms with Crippen molar-refractivity contribution < 1.29 is 9.47 Å². The van der Waals surface area contributed by atoms with Gasteiger partial charge in [-0.2, -0.15) is 10.1 Å². The number of benzene rings is 2. The first-order valence-electron chi connectivity index (χ1n) is 8.35. The Labute approximate surface area is 162 Å². The summed E-state index contributed by atoms with van der Waals surface area (Å²) in [7, 11) is 3.25. The summed E-state index contributed by atoms with van der Waals surface area (Å²) in [6.07, 6.45) is 2.38. The van der Waals surface area contributed by atoms with Gasteiger partial charge in [0.15, 0.2) is 17.3 Å². The van der Waals surface area contributed by atoms with Crippen LogP contribution in [0.3, 0.4) is 0 Å². The first-order valence-corrected chi connectivity index (χ1v) is 8.73. The number of ether oxygens (including phenoxy) is 2. The van der Waals surface area contributed by atoms with Gasteiger partial charge in [0, 0.05) is 17.3 Å². The minimum absolute atomic E-state index is 0.411. The number of anilines is 3. The third-order valence-corrected chi connectivity index (χ3v) is 4.08. The highest BCUT2D eigenvalue weighted by molar-refractivity contribution is 6.30. The second-order valence-electron chi connectivity index (χ2n) is 5.66. The van der Waals surface area contributed by atoms with Crippen LogP contribution >= 0.6 is 11.6 Å². The number of rotatable bonds is 8. The highest BCUT2D eigenvalue weighted by Gasteiger charge is 2.05. The SMILES string of the molecule is COc1ccc(CCNc2cnnc(Nc3ccc(Cl)cc3)n2)cc1OC. The molecule has 0 aliphatic rings. The number of nitrogens with one attached hydrogen (secondary N) is 2.